The molecule has 2 aromatic rings. The van der Waals surface area contributed by atoms with E-state index in [2.05, 4.69) is 0 Å². The van der Waals surface area contributed by atoms with Crippen LogP contribution < -0.4 is 0 Å². The van der Waals surface area contributed by atoms with Gasteiger partial charge in [-0.25, -0.2) is 0 Å². The van der Waals surface area contributed by atoms with E-state index in [0.717, 1.165) is 11.8 Å². The largest absolute Gasteiger partial charge is 0.303 e. The second-order valence-corrected chi connectivity index (χ2v) is 3.72. The van der Waals surface area contributed by atoms with Crippen molar-refractivity contribution in [2.45, 2.75) is 6.42 Å². The second-order valence-electron chi connectivity index (χ2n) is 3.72. The number of benzene rings is 2. The van der Waals surface area contributed by atoms with Crippen molar-refractivity contribution in [1.29, 1.82) is 0 Å². The molecule has 0 heterocycles. The predicted molar refractivity (Wildman–Crippen MR) is 73.4 cm³/mol. The molecule has 3 nitrogen and oxygen atoms in total. The van der Waals surface area contributed by atoms with E-state index in [-0.39, 0.29) is 0 Å². The van der Waals surface area contributed by atoms with Gasteiger partial charge in [-0.15, -0.1) is 0 Å². The van der Waals surface area contributed by atoms with Crippen molar-refractivity contribution in [2.75, 3.05) is 0 Å². The molecule has 0 aliphatic heterocycles. The summed E-state index contributed by atoms with van der Waals surface area (Å²) in [6.45, 7) is 0. The van der Waals surface area contributed by atoms with Crippen molar-refractivity contribution in [3.05, 3.63) is 71.3 Å². The Kier molecular flexibility index (Phi) is 6.51. The maximum atomic E-state index is 10.2. The van der Waals surface area contributed by atoms with Gasteiger partial charge in [0.15, 0.2) is 12.6 Å². The molecule has 0 amide bonds. The summed E-state index contributed by atoms with van der Waals surface area (Å²) in [7, 11) is 0. The highest BCUT2D eigenvalue weighted by Gasteiger charge is 1.95. The molecule has 0 bridgehead atoms. The summed E-state index contributed by atoms with van der Waals surface area (Å²) in [6, 6.07) is 16.3. The number of carbonyl (C=O) groups is 3. The third-order valence-electron chi connectivity index (χ3n) is 2.41. The summed E-state index contributed by atoms with van der Waals surface area (Å²) >= 11 is 0. The molecule has 0 saturated heterocycles. The van der Waals surface area contributed by atoms with Gasteiger partial charge in [-0.05, 0) is 5.56 Å². The van der Waals surface area contributed by atoms with Crippen LogP contribution in [0.4, 0.5) is 0 Å². The fourth-order valence-electron chi connectivity index (χ4n) is 1.44. The number of carbonyl (C=O) groups excluding carboxylic acids is 3. The molecule has 0 fully saturated rings. The quantitative estimate of drug-likeness (QED) is 0.788. The van der Waals surface area contributed by atoms with Crippen LogP contribution in [-0.2, 0) is 11.2 Å². The molecule has 19 heavy (non-hydrogen) atoms. The zero-order chi connectivity index (χ0) is 13.9. The standard InChI is InChI=1S/C8H6O2.C8H8O/c9-5-7-3-1-2-4-8(7)6-10;9-7-6-8-4-2-1-3-5-8/h1-6H;1-5,7H,6H2. The van der Waals surface area contributed by atoms with Crippen LogP contribution in [0.2, 0.25) is 0 Å². The van der Waals surface area contributed by atoms with Crippen molar-refractivity contribution < 1.29 is 14.4 Å². The number of hydrogen-bond acceptors (Lipinski definition) is 3. The summed E-state index contributed by atoms with van der Waals surface area (Å²) in [5.74, 6) is 0. The third-order valence-corrected chi connectivity index (χ3v) is 2.41. The number of rotatable bonds is 4. The molecule has 0 aliphatic rings. The minimum absolute atomic E-state index is 0.442. The van der Waals surface area contributed by atoms with Gasteiger partial charge in [0.1, 0.15) is 6.29 Å². The van der Waals surface area contributed by atoms with E-state index in [1.54, 1.807) is 24.3 Å². The van der Waals surface area contributed by atoms with Gasteiger partial charge in [-0.2, -0.15) is 0 Å². The van der Waals surface area contributed by atoms with Crippen molar-refractivity contribution >= 4 is 18.9 Å². The van der Waals surface area contributed by atoms with Crippen LogP contribution >= 0.6 is 0 Å². The number of aldehydes is 3. The van der Waals surface area contributed by atoms with Gasteiger partial charge in [0, 0.05) is 17.5 Å². The molecule has 0 atom stereocenters. The zero-order valence-electron chi connectivity index (χ0n) is 10.4. The SMILES string of the molecule is O=CCc1ccccc1.O=Cc1ccccc1C=O. The van der Waals surface area contributed by atoms with E-state index in [0.29, 0.717) is 30.1 Å². The minimum atomic E-state index is 0.442. The van der Waals surface area contributed by atoms with E-state index in [4.69, 9.17) is 0 Å². The maximum absolute atomic E-state index is 10.2. The van der Waals surface area contributed by atoms with E-state index in [9.17, 15) is 14.4 Å². The summed E-state index contributed by atoms with van der Waals surface area (Å²) < 4.78 is 0. The highest BCUT2D eigenvalue weighted by molar-refractivity contribution is 5.89. The fraction of sp³-hybridized carbons (Fsp3) is 0.0625. The Hall–Kier alpha value is -2.55. The van der Waals surface area contributed by atoms with E-state index >= 15 is 0 Å². The molecule has 2 rings (SSSR count). The second kappa shape index (κ2) is 8.53. The van der Waals surface area contributed by atoms with Gasteiger partial charge < -0.3 is 4.79 Å². The third kappa shape index (κ3) is 5.08. The van der Waals surface area contributed by atoms with Gasteiger partial charge in [0.25, 0.3) is 0 Å². The molecule has 0 saturated carbocycles. The lowest BCUT2D eigenvalue weighted by Crippen LogP contribution is -1.87. The topological polar surface area (TPSA) is 51.2 Å². The Morgan fingerprint density at radius 2 is 1.16 bits per heavy atom. The predicted octanol–water partition coefficient (Wildman–Crippen LogP) is 2.74. The van der Waals surface area contributed by atoms with Crippen LogP contribution in [0, 0.1) is 0 Å². The average Bonchev–Trinajstić information content (AvgIpc) is 2.49. The molecule has 0 unspecified atom stereocenters. The van der Waals surface area contributed by atoms with Gasteiger partial charge in [0.2, 0.25) is 0 Å². The highest BCUT2D eigenvalue weighted by Crippen LogP contribution is 2.01. The lowest BCUT2D eigenvalue weighted by atomic mass is 10.1. The Labute approximate surface area is 111 Å². The van der Waals surface area contributed by atoms with Crippen molar-refractivity contribution in [2.24, 2.45) is 0 Å². The zero-order valence-corrected chi connectivity index (χ0v) is 10.4. The summed E-state index contributed by atoms with van der Waals surface area (Å²) in [6.07, 6.45) is 2.78. The molecular weight excluding hydrogens is 240 g/mol. The van der Waals surface area contributed by atoms with Gasteiger partial charge in [-0.3, -0.25) is 9.59 Å². The van der Waals surface area contributed by atoms with Gasteiger partial charge >= 0.3 is 0 Å². The Morgan fingerprint density at radius 3 is 1.58 bits per heavy atom. The van der Waals surface area contributed by atoms with Gasteiger partial charge in [0.05, 0.1) is 0 Å². The molecule has 0 aromatic heterocycles. The lowest BCUT2D eigenvalue weighted by Gasteiger charge is -1.91. The van der Waals surface area contributed by atoms with E-state index < -0.39 is 0 Å². The van der Waals surface area contributed by atoms with Crippen LogP contribution in [0.25, 0.3) is 0 Å². The first-order chi connectivity index (χ1) is 9.31. The van der Waals surface area contributed by atoms with Crippen molar-refractivity contribution in [3.63, 3.8) is 0 Å². The van der Waals surface area contributed by atoms with Gasteiger partial charge in [-0.1, -0.05) is 54.6 Å². The van der Waals surface area contributed by atoms with E-state index in [1.807, 2.05) is 30.3 Å². The molecule has 96 valence electrons. The molecule has 0 aliphatic carbocycles. The monoisotopic (exact) mass is 254 g/mol. The Balaban J connectivity index is 0.000000191. The van der Waals surface area contributed by atoms with Crippen molar-refractivity contribution in [3.8, 4) is 0 Å². The maximum Gasteiger partial charge on any atom is 0.150 e. The first kappa shape index (κ1) is 14.5. The molecule has 0 N–H and O–H groups in total. The van der Waals surface area contributed by atoms with Crippen LogP contribution in [0.5, 0.6) is 0 Å². The summed E-state index contributed by atoms with van der Waals surface area (Å²) in [5, 5.41) is 0. The first-order valence-electron chi connectivity index (χ1n) is 5.78. The molecule has 2 aromatic carbocycles. The molecular formula is C16H14O3. The smallest absolute Gasteiger partial charge is 0.150 e. The fourth-order valence-corrected chi connectivity index (χ4v) is 1.44. The van der Waals surface area contributed by atoms with Crippen LogP contribution in [0.3, 0.4) is 0 Å². The average molecular weight is 254 g/mol. The minimum Gasteiger partial charge on any atom is -0.303 e. The van der Waals surface area contributed by atoms with Crippen molar-refractivity contribution in [1.82, 2.24) is 0 Å². The van der Waals surface area contributed by atoms with Crippen LogP contribution in [0.1, 0.15) is 26.3 Å². The Bertz CT molecular complexity index is 506. The normalized spacial score (nSPS) is 8.84. The summed E-state index contributed by atoms with van der Waals surface area (Å²) in [4.78, 5) is 30.4. The molecule has 0 radical (unpaired) electrons. The van der Waals surface area contributed by atoms with Crippen LogP contribution in [-0.4, -0.2) is 18.9 Å². The highest BCUT2D eigenvalue weighted by atomic mass is 16.1. The molecule has 3 heteroatoms. The summed E-state index contributed by atoms with van der Waals surface area (Å²) in [5.41, 5.74) is 1.96. The lowest BCUT2D eigenvalue weighted by molar-refractivity contribution is -0.107. The molecule has 0 spiro atoms. The first-order valence-corrected chi connectivity index (χ1v) is 5.78. The van der Waals surface area contributed by atoms with Crippen LogP contribution in [0.15, 0.2) is 54.6 Å². The Morgan fingerprint density at radius 1 is 0.684 bits per heavy atom. The number of hydrogen-bond donors (Lipinski definition) is 0. The van der Waals surface area contributed by atoms with E-state index in [1.165, 1.54) is 0 Å².